The zero-order valence-electron chi connectivity index (χ0n) is 12.5. The summed E-state index contributed by atoms with van der Waals surface area (Å²) in [4.78, 5) is 14.5. The van der Waals surface area contributed by atoms with Crippen LogP contribution in [0.1, 0.15) is 34.0 Å². The highest BCUT2D eigenvalue weighted by atomic mass is 19.3. The molecule has 1 saturated heterocycles. The minimum Gasteiger partial charge on any atom is -0.377 e. The molecule has 1 fully saturated rings. The molecule has 0 bridgehead atoms. The van der Waals surface area contributed by atoms with Gasteiger partial charge in [0.15, 0.2) is 0 Å². The van der Waals surface area contributed by atoms with Crippen molar-refractivity contribution in [1.82, 2.24) is 4.90 Å². The van der Waals surface area contributed by atoms with Gasteiger partial charge in [0.2, 0.25) is 0 Å². The second-order valence-electron chi connectivity index (χ2n) is 5.42. The van der Waals surface area contributed by atoms with Gasteiger partial charge in [0.1, 0.15) is 0 Å². The van der Waals surface area contributed by atoms with Gasteiger partial charge in [-0.1, -0.05) is 42.5 Å². The third-order valence-corrected chi connectivity index (χ3v) is 3.98. The standard InChI is InChI=1S/C18H17F2NO2/c19-17(20)14-6-8-15(9-7-14)18(22)21-10-11-23-12-16(21)13-4-2-1-3-5-13/h1-9,16-17H,10-12H2/t16-/m0/s1. The number of ether oxygens (including phenoxy) is 1. The van der Waals surface area contributed by atoms with E-state index in [0.29, 0.717) is 25.3 Å². The topological polar surface area (TPSA) is 29.5 Å². The number of benzene rings is 2. The monoisotopic (exact) mass is 317 g/mol. The largest absolute Gasteiger partial charge is 0.377 e. The van der Waals surface area contributed by atoms with Gasteiger partial charge in [0, 0.05) is 17.7 Å². The number of nitrogens with zero attached hydrogens (tertiary/aromatic N) is 1. The molecule has 0 aliphatic carbocycles. The van der Waals surface area contributed by atoms with E-state index in [4.69, 9.17) is 4.74 Å². The van der Waals surface area contributed by atoms with E-state index < -0.39 is 6.43 Å². The number of carbonyl (C=O) groups is 1. The number of amides is 1. The van der Waals surface area contributed by atoms with Gasteiger partial charge in [-0.25, -0.2) is 8.78 Å². The molecule has 0 spiro atoms. The van der Waals surface area contributed by atoms with E-state index in [1.807, 2.05) is 30.3 Å². The molecule has 5 heteroatoms. The fourth-order valence-electron chi connectivity index (χ4n) is 2.74. The number of carbonyl (C=O) groups excluding carboxylic acids is 1. The zero-order chi connectivity index (χ0) is 16.2. The van der Waals surface area contributed by atoms with Crippen LogP contribution in [0.2, 0.25) is 0 Å². The maximum absolute atomic E-state index is 12.7. The molecule has 0 unspecified atom stereocenters. The molecule has 0 radical (unpaired) electrons. The molecule has 2 aromatic carbocycles. The minimum atomic E-state index is -2.53. The van der Waals surface area contributed by atoms with Crippen LogP contribution < -0.4 is 0 Å². The molecule has 0 saturated carbocycles. The Kier molecular flexibility index (Phi) is 4.67. The molecule has 1 amide bonds. The molecular formula is C18H17F2NO2. The van der Waals surface area contributed by atoms with Crippen LogP contribution in [-0.2, 0) is 4.74 Å². The van der Waals surface area contributed by atoms with Crippen LogP contribution in [0.25, 0.3) is 0 Å². The molecule has 1 heterocycles. The lowest BCUT2D eigenvalue weighted by atomic mass is 10.0. The first-order valence-corrected chi connectivity index (χ1v) is 7.48. The first-order chi connectivity index (χ1) is 11.2. The van der Waals surface area contributed by atoms with Crippen molar-refractivity contribution >= 4 is 5.91 Å². The molecule has 23 heavy (non-hydrogen) atoms. The molecule has 1 aliphatic heterocycles. The summed E-state index contributed by atoms with van der Waals surface area (Å²) in [5.74, 6) is -0.164. The van der Waals surface area contributed by atoms with Crippen molar-refractivity contribution < 1.29 is 18.3 Å². The van der Waals surface area contributed by atoms with Crippen molar-refractivity contribution in [2.45, 2.75) is 12.5 Å². The fraction of sp³-hybridized carbons (Fsp3) is 0.278. The van der Waals surface area contributed by atoms with Crippen molar-refractivity contribution in [3.63, 3.8) is 0 Å². The van der Waals surface area contributed by atoms with E-state index in [2.05, 4.69) is 0 Å². The number of hydrogen-bond acceptors (Lipinski definition) is 2. The summed E-state index contributed by atoms with van der Waals surface area (Å²) in [6.07, 6.45) is -2.53. The Morgan fingerprint density at radius 2 is 1.78 bits per heavy atom. The second kappa shape index (κ2) is 6.87. The number of morpholine rings is 1. The zero-order valence-corrected chi connectivity index (χ0v) is 12.5. The Labute approximate surface area is 133 Å². The molecule has 0 aromatic heterocycles. The molecule has 0 N–H and O–H groups in total. The third-order valence-electron chi connectivity index (χ3n) is 3.98. The Morgan fingerprint density at radius 1 is 1.09 bits per heavy atom. The third kappa shape index (κ3) is 3.40. The molecule has 2 aromatic rings. The lowest BCUT2D eigenvalue weighted by Gasteiger charge is -2.36. The van der Waals surface area contributed by atoms with Crippen molar-refractivity contribution in [3.8, 4) is 0 Å². The van der Waals surface area contributed by atoms with Gasteiger partial charge in [-0.05, 0) is 17.7 Å². The average molecular weight is 317 g/mol. The van der Waals surface area contributed by atoms with E-state index in [0.717, 1.165) is 5.56 Å². The number of hydrogen-bond donors (Lipinski definition) is 0. The van der Waals surface area contributed by atoms with Gasteiger partial charge < -0.3 is 9.64 Å². The normalized spacial score (nSPS) is 18.2. The summed E-state index contributed by atoms with van der Waals surface area (Å²) in [5.41, 5.74) is 1.34. The van der Waals surface area contributed by atoms with Crippen LogP contribution in [0.4, 0.5) is 8.78 Å². The van der Waals surface area contributed by atoms with Gasteiger partial charge in [-0.15, -0.1) is 0 Å². The fourth-order valence-corrected chi connectivity index (χ4v) is 2.74. The van der Waals surface area contributed by atoms with Crippen molar-refractivity contribution in [1.29, 1.82) is 0 Å². The lowest BCUT2D eigenvalue weighted by molar-refractivity contribution is -0.00270. The Bertz CT molecular complexity index is 658. The summed E-state index contributed by atoms with van der Waals surface area (Å²) in [6.45, 7) is 1.39. The maximum atomic E-state index is 12.7. The highest BCUT2D eigenvalue weighted by molar-refractivity contribution is 5.94. The average Bonchev–Trinajstić information content (AvgIpc) is 2.62. The van der Waals surface area contributed by atoms with Gasteiger partial charge in [-0.3, -0.25) is 4.79 Å². The highest BCUT2D eigenvalue weighted by Crippen LogP contribution is 2.26. The lowest BCUT2D eigenvalue weighted by Crippen LogP contribution is -2.43. The number of halogens is 2. The smallest absolute Gasteiger partial charge is 0.263 e. The summed E-state index contributed by atoms with van der Waals surface area (Å²) in [5, 5.41) is 0. The quantitative estimate of drug-likeness (QED) is 0.861. The van der Waals surface area contributed by atoms with Gasteiger partial charge in [0.25, 0.3) is 12.3 Å². The maximum Gasteiger partial charge on any atom is 0.263 e. The summed E-state index contributed by atoms with van der Waals surface area (Å²) >= 11 is 0. The van der Waals surface area contributed by atoms with E-state index >= 15 is 0 Å². The van der Waals surface area contributed by atoms with Crippen molar-refractivity contribution in [2.75, 3.05) is 19.8 Å². The number of alkyl halides is 2. The number of rotatable bonds is 3. The molecule has 120 valence electrons. The van der Waals surface area contributed by atoms with E-state index in [9.17, 15) is 13.6 Å². The molecule has 1 atom stereocenters. The van der Waals surface area contributed by atoms with Crippen molar-refractivity contribution in [3.05, 3.63) is 71.3 Å². The molecular weight excluding hydrogens is 300 g/mol. The minimum absolute atomic E-state index is 0.0804. The van der Waals surface area contributed by atoms with Gasteiger partial charge >= 0.3 is 0 Å². The van der Waals surface area contributed by atoms with Crippen LogP contribution in [0.5, 0.6) is 0 Å². The first-order valence-electron chi connectivity index (χ1n) is 7.48. The Balaban J connectivity index is 1.84. The summed E-state index contributed by atoms with van der Waals surface area (Å²) in [7, 11) is 0. The van der Waals surface area contributed by atoms with Crippen LogP contribution in [0.15, 0.2) is 54.6 Å². The van der Waals surface area contributed by atoms with Gasteiger partial charge in [-0.2, -0.15) is 0 Å². The predicted octanol–water partition coefficient (Wildman–Crippen LogP) is 3.84. The van der Waals surface area contributed by atoms with Crippen LogP contribution in [-0.4, -0.2) is 30.6 Å². The highest BCUT2D eigenvalue weighted by Gasteiger charge is 2.29. The van der Waals surface area contributed by atoms with Crippen LogP contribution in [0.3, 0.4) is 0 Å². The molecule has 3 nitrogen and oxygen atoms in total. The first kappa shape index (κ1) is 15.6. The molecule has 3 rings (SSSR count). The van der Waals surface area contributed by atoms with E-state index in [1.165, 1.54) is 24.3 Å². The van der Waals surface area contributed by atoms with E-state index in [1.54, 1.807) is 4.90 Å². The van der Waals surface area contributed by atoms with Gasteiger partial charge in [0.05, 0.1) is 19.3 Å². The van der Waals surface area contributed by atoms with E-state index in [-0.39, 0.29) is 17.5 Å². The van der Waals surface area contributed by atoms with Crippen LogP contribution in [0, 0.1) is 0 Å². The molecule has 1 aliphatic rings. The Hall–Kier alpha value is -2.27. The SMILES string of the molecule is O=C(c1ccc(C(F)F)cc1)N1CCOC[C@H]1c1ccccc1. The predicted molar refractivity (Wildman–Crippen MR) is 82.4 cm³/mol. The summed E-state index contributed by atoms with van der Waals surface area (Å²) in [6, 6.07) is 15.0. The summed E-state index contributed by atoms with van der Waals surface area (Å²) < 4.78 is 30.8. The van der Waals surface area contributed by atoms with Crippen molar-refractivity contribution in [2.24, 2.45) is 0 Å². The van der Waals surface area contributed by atoms with Crippen LogP contribution >= 0.6 is 0 Å². The Morgan fingerprint density at radius 3 is 2.43 bits per heavy atom. The second-order valence-corrected chi connectivity index (χ2v) is 5.42.